The van der Waals surface area contributed by atoms with Gasteiger partial charge in [0.25, 0.3) is 5.91 Å². The van der Waals surface area contributed by atoms with E-state index in [0.29, 0.717) is 12.6 Å². The maximum atomic E-state index is 11.8. The number of aromatic nitrogens is 1. The van der Waals surface area contributed by atoms with E-state index in [9.17, 15) is 9.00 Å². The summed E-state index contributed by atoms with van der Waals surface area (Å²) in [4.78, 5) is 18.9. The molecule has 2 unspecified atom stereocenters. The lowest BCUT2D eigenvalue weighted by atomic mass is 10.1. The fourth-order valence-corrected chi connectivity index (χ4v) is 2.99. The Balaban J connectivity index is 0.000000277. The molecular formula is C18H30N4O2S. The first kappa shape index (κ1) is 19.8. The number of anilines is 1. The number of pyridine rings is 1. The minimum absolute atomic E-state index is 0.0511. The molecule has 0 spiro atoms. The molecular weight excluding hydrogens is 336 g/mol. The van der Waals surface area contributed by atoms with Crippen molar-refractivity contribution in [1.82, 2.24) is 10.3 Å². The van der Waals surface area contributed by atoms with Crippen LogP contribution in [0, 0.1) is 0 Å². The Morgan fingerprint density at radius 1 is 1.44 bits per heavy atom. The predicted molar refractivity (Wildman–Crippen MR) is 103 cm³/mol. The zero-order chi connectivity index (χ0) is 18.8. The van der Waals surface area contributed by atoms with Crippen LogP contribution in [0.1, 0.15) is 69.1 Å². The van der Waals surface area contributed by atoms with E-state index in [1.54, 1.807) is 0 Å². The molecule has 0 bridgehead atoms. The van der Waals surface area contributed by atoms with Crippen molar-refractivity contribution in [2.75, 3.05) is 11.4 Å². The first-order valence-corrected chi connectivity index (χ1v) is 10.1. The third kappa shape index (κ3) is 4.58. The summed E-state index contributed by atoms with van der Waals surface area (Å²) in [6.45, 7) is 11.5. The lowest BCUT2D eigenvalue weighted by Crippen LogP contribution is -2.27. The van der Waals surface area contributed by atoms with E-state index >= 15 is 0 Å². The molecule has 1 saturated heterocycles. The number of nitrogens with two attached hydrogens (primary N) is 1. The molecule has 3 heterocycles. The Kier molecular flexibility index (Phi) is 6.21. The van der Waals surface area contributed by atoms with Gasteiger partial charge in [-0.3, -0.25) is 9.93 Å². The van der Waals surface area contributed by atoms with Crippen molar-refractivity contribution in [3.63, 3.8) is 0 Å². The zero-order valence-electron chi connectivity index (χ0n) is 15.9. The molecule has 0 radical (unpaired) electrons. The Bertz CT molecular complexity index is 670. The van der Waals surface area contributed by atoms with Gasteiger partial charge >= 0.3 is 0 Å². The number of fused-ring (bicyclic) bond motifs is 1. The summed E-state index contributed by atoms with van der Waals surface area (Å²) in [5, 5.41) is 7.93. The lowest BCUT2D eigenvalue weighted by molar-refractivity contribution is 0.0965. The average Bonchev–Trinajstić information content (AvgIpc) is 3.12. The smallest absolute Gasteiger partial charge is 0.252 e. The van der Waals surface area contributed by atoms with E-state index in [1.807, 2.05) is 26.8 Å². The van der Waals surface area contributed by atoms with Crippen LogP contribution in [0.4, 0.5) is 5.82 Å². The Hall–Kier alpha value is -1.47. The van der Waals surface area contributed by atoms with E-state index in [1.165, 1.54) is 12.8 Å². The molecule has 1 amide bonds. The number of nitrogens with zero attached hydrogens (tertiary/aromatic N) is 2. The van der Waals surface area contributed by atoms with E-state index in [0.717, 1.165) is 35.6 Å². The van der Waals surface area contributed by atoms with Crippen LogP contribution < -0.4 is 15.4 Å². The van der Waals surface area contributed by atoms with E-state index in [-0.39, 0.29) is 10.7 Å². The molecule has 2 aliphatic heterocycles. The Morgan fingerprint density at radius 2 is 2.08 bits per heavy atom. The van der Waals surface area contributed by atoms with Gasteiger partial charge in [-0.25, -0.2) is 9.19 Å². The first-order chi connectivity index (χ1) is 11.6. The van der Waals surface area contributed by atoms with Crippen molar-refractivity contribution in [1.29, 1.82) is 0 Å². The molecule has 3 N–H and O–H groups in total. The summed E-state index contributed by atoms with van der Waals surface area (Å²) in [7, 11) is -1.18. The summed E-state index contributed by atoms with van der Waals surface area (Å²) in [6, 6.07) is 2.50. The van der Waals surface area contributed by atoms with Crippen LogP contribution in [0.3, 0.4) is 0 Å². The second-order valence-electron chi connectivity index (χ2n) is 7.58. The van der Waals surface area contributed by atoms with Gasteiger partial charge < -0.3 is 10.2 Å². The third-order valence-electron chi connectivity index (χ3n) is 4.65. The fourth-order valence-electron chi connectivity index (χ4n) is 2.99. The van der Waals surface area contributed by atoms with Gasteiger partial charge in [0, 0.05) is 36.0 Å². The van der Waals surface area contributed by atoms with Crippen LogP contribution in [-0.4, -0.2) is 32.4 Å². The number of carbonyl (C=O) groups is 1. The molecule has 6 nitrogen and oxygen atoms in total. The van der Waals surface area contributed by atoms with Gasteiger partial charge in [0.15, 0.2) is 0 Å². The van der Waals surface area contributed by atoms with Crippen molar-refractivity contribution in [2.24, 2.45) is 5.14 Å². The van der Waals surface area contributed by atoms with E-state index in [2.05, 4.69) is 24.1 Å². The van der Waals surface area contributed by atoms with Crippen LogP contribution in [0.2, 0.25) is 0 Å². The van der Waals surface area contributed by atoms with Gasteiger partial charge in [0.2, 0.25) is 0 Å². The summed E-state index contributed by atoms with van der Waals surface area (Å²) >= 11 is 0. The average molecular weight is 367 g/mol. The molecule has 3 rings (SSSR count). The monoisotopic (exact) mass is 366 g/mol. The normalized spacial score (nSPS) is 20.6. The van der Waals surface area contributed by atoms with Crippen molar-refractivity contribution in [3.8, 4) is 0 Å². The summed E-state index contributed by atoms with van der Waals surface area (Å²) in [6.07, 6.45) is 3.31. The molecule has 0 aliphatic carbocycles. The second kappa shape index (κ2) is 7.83. The highest BCUT2D eigenvalue weighted by Gasteiger charge is 2.27. The molecule has 0 saturated carbocycles. The number of amides is 1. The van der Waals surface area contributed by atoms with Gasteiger partial charge in [-0.2, -0.15) is 0 Å². The summed E-state index contributed by atoms with van der Waals surface area (Å²) in [5.74, 6) is 1.03. The Morgan fingerprint density at radius 3 is 2.56 bits per heavy atom. The maximum absolute atomic E-state index is 11.8. The van der Waals surface area contributed by atoms with Gasteiger partial charge in [-0.1, -0.05) is 6.92 Å². The molecule has 2 atom stereocenters. The van der Waals surface area contributed by atoms with Gasteiger partial charge in [0.1, 0.15) is 5.82 Å². The van der Waals surface area contributed by atoms with Gasteiger partial charge in [-0.15, -0.1) is 0 Å². The van der Waals surface area contributed by atoms with Crippen LogP contribution in [0.15, 0.2) is 6.07 Å². The number of carbonyl (C=O) groups excluding carboxylic acids is 1. The van der Waals surface area contributed by atoms with Crippen molar-refractivity contribution < 1.29 is 9.00 Å². The van der Waals surface area contributed by atoms with Crippen LogP contribution in [0.25, 0.3) is 0 Å². The highest BCUT2D eigenvalue weighted by molar-refractivity contribution is 7.84. The number of nitrogens with one attached hydrogen (secondary N) is 1. The van der Waals surface area contributed by atoms with Crippen molar-refractivity contribution in [2.45, 2.75) is 71.2 Å². The minimum atomic E-state index is -1.18. The second-order valence-corrected chi connectivity index (χ2v) is 9.40. The number of hydrogen-bond acceptors (Lipinski definition) is 4. The summed E-state index contributed by atoms with van der Waals surface area (Å²) in [5.41, 5.74) is 2.99. The predicted octanol–water partition coefficient (Wildman–Crippen LogP) is 2.28. The van der Waals surface area contributed by atoms with Crippen LogP contribution in [-0.2, 0) is 24.0 Å². The molecule has 7 heteroatoms. The molecule has 2 aliphatic rings. The van der Waals surface area contributed by atoms with Crippen molar-refractivity contribution >= 4 is 22.7 Å². The van der Waals surface area contributed by atoms with E-state index in [4.69, 9.17) is 10.1 Å². The van der Waals surface area contributed by atoms with E-state index < -0.39 is 11.0 Å². The van der Waals surface area contributed by atoms with Crippen molar-refractivity contribution in [3.05, 3.63) is 22.9 Å². The lowest BCUT2D eigenvalue weighted by Gasteiger charge is -2.23. The van der Waals surface area contributed by atoms with Crippen LogP contribution >= 0.6 is 0 Å². The zero-order valence-corrected chi connectivity index (χ0v) is 16.7. The van der Waals surface area contributed by atoms with Gasteiger partial charge in [0.05, 0.1) is 15.7 Å². The molecule has 1 aromatic heterocycles. The molecule has 140 valence electrons. The summed E-state index contributed by atoms with van der Waals surface area (Å²) < 4.78 is 10.1. The topological polar surface area (TPSA) is 88.3 Å². The quantitative estimate of drug-likeness (QED) is 0.840. The first-order valence-electron chi connectivity index (χ1n) is 8.89. The minimum Gasteiger partial charge on any atom is -0.354 e. The number of rotatable bonds is 2. The Labute approximate surface area is 153 Å². The largest absolute Gasteiger partial charge is 0.354 e. The third-order valence-corrected chi connectivity index (χ3v) is 5.86. The highest BCUT2D eigenvalue weighted by atomic mass is 32.2. The maximum Gasteiger partial charge on any atom is 0.252 e. The molecule has 25 heavy (non-hydrogen) atoms. The number of aryl methyl sites for hydroxylation is 1. The fraction of sp³-hybridized carbons (Fsp3) is 0.667. The standard InChI is InChI=1S/C14H19N3O.C4H11NOS/c1-3-12-11-8-15-14(18)10(11)7-13(16-12)17-6-4-5-9(17)2;1-4(2,3)7(5)6/h7,9H,3-6,8H2,1-2H3,(H,15,18);5H2,1-3H3. The highest BCUT2D eigenvalue weighted by Crippen LogP contribution is 2.28. The molecule has 1 fully saturated rings. The number of hydrogen-bond donors (Lipinski definition) is 2. The van der Waals surface area contributed by atoms with Gasteiger partial charge in [-0.05, 0) is 53.0 Å². The molecule has 1 aromatic rings. The molecule has 0 aromatic carbocycles. The van der Waals surface area contributed by atoms with Crippen LogP contribution in [0.5, 0.6) is 0 Å². The SMILES string of the molecule is CC(C)(C)S(N)=O.CCc1nc(N2CCCC2C)cc2c1CNC2=O.